The van der Waals surface area contributed by atoms with Crippen molar-refractivity contribution in [2.24, 2.45) is 0 Å². The summed E-state index contributed by atoms with van der Waals surface area (Å²) in [5.74, 6) is -0.00362. The van der Waals surface area contributed by atoms with Gasteiger partial charge >= 0.3 is 0 Å². The van der Waals surface area contributed by atoms with Crippen molar-refractivity contribution in [2.45, 2.75) is 77.7 Å². The Morgan fingerprint density at radius 2 is 1.85 bits per heavy atom. The van der Waals surface area contributed by atoms with E-state index in [9.17, 15) is 9.90 Å². The van der Waals surface area contributed by atoms with Gasteiger partial charge in [-0.05, 0) is 90.1 Å². The third-order valence-corrected chi connectivity index (χ3v) is 8.73. The number of carbonyl (C=O) groups excluding carboxylic acids is 1. The smallest absolute Gasteiger partial charge is 0.228 e. The Labute approximate surface area is 242 Å². The van der Waals surface area contributed by atoms with E-state index in [0.717, 1.165) is 64.9 Å². The number of aryl methyl sites for hydroxylation is 3. The van der Waals surface area contributed by atoms with Crippen molar-refractivity contribution in [3.63, 3.8) is 0 Å². The molecule has 6 heteroatoms. The molecule has 2 N–H and O–H groups in total. The fraction of sp³-hybridized carbons (Fsp3) is 0.343. The van der Waals surface area contributed by atoms with Crippen molar-refractivity contribution in [1.82, 2.24) is 20.2 Å². The number of benzene rings is 2. The van der Waals surface area contributed by atoms with E-state index in [1.807, 2.05) is 42.7 Å². The summed E-state index contributed by atoms with van der Waals surface area (Å²) in [7, 11) is 0. The average molecular weight is 547 g/mol. The van der Waals surface area contributed by atoms with Crippen molar-refractivity contribution in [3.05, 3.63) is 129 Å². The Balaban J connectivity index is 1.22. The molecule has 0 saturated heterocycles. The zero-order valence-corrected chi connectivity index (χ0v) is 23.9. The van der Waals surface area contributed by atoms with E-state index in [-0.39, 0.29) is 24.5 Å². The van der Waals surface area contributed by atoms with Crippen LogP contribution < -0.4 is 5.32 Å². The summed E-state index contributed by atoms with van der Waals surface area (Å²) < 4.78 is 0. The van der Waals surface area contributed by atoms with Gasteiger partial charge in [-0.1, -0.05) is 54.6 Å². The zero-order valence-electron chi connectivity index (χ0n) is 23.9. The maximum Gasteiger partial charge on any atom is 0.228 e. The van der Waals surface area contributed by atoms with E-state index in [1.165, 1.54) is 16.7 Å². The van der Waals surface area contributed by atoms with Crippen LogP contribution in [0.15, 0.2) is 73.1 Å². The number of aliphatic hydroxyl groups excluding tert-OH is 1. The van der Waals surface area contributed by atoms with E-state index in [1.54, 1.807) is 0 Å². The van der Waals surface area contributed by atoms with Crippen LogP contribution in [0.4, 0.5) is 0 Å². The molecule has 0 saturated carbocycles. The normalized spacial score (nSPS) is 17.5. The van der Waals surface area contributed by atoms with Crippen molar-refractivity contribution < 1.29 is 9.90 Å². The third kappa shape index (κ3) is 5.81. The molecule has 2 aliphatic carbocycles. The summed E-state index contributed by atoms with van der Waals surface area (Å²) in [6, 6.07) is 21.0. The Hall–Kier alpha value is -3.87. The first-order chi connectivity index (χ1) is 20.0. The van der Waals surface area contributed by atoms with Gasteiger partial charge in [-0.15, -0.1) is 0 Å². The highest BCUT2D eigenvalue weighted by Crippen LogP contribution is 2.36. The lowest BCUT2D eigenvalue weighted by Gasteiger charge is -2.35. The minimum absolute atomic E-state index is 0.0533. The third-order valence-electron chi connectivity index (χ3n) is 8.73. The monoisotopic (exact) mass is 546 g/mol. The highest BCUT2D eigenvalue weighted by atomic mass is 16.3. The fourth-order valence-electron chi connectivity index (χ4n) is 6.43. The maximum atomic E-state index is 12.8. The van der Waals surface area contributed by atoms with Crippen LogP contribution in [0, 0.1) is 13.8 Å². The first-order valence-corrected chi connectivity index (χ1v) is 14.7. The summed E-state index contributed by atoms with van der Waals surface area (Å²) in [4.78, 5) is 24.9. The summed E-state index contributed by atoms with van der Waals surface area (Å²) in [5.41, 5.74) is 11.3. The molecule has 1 amide bonds. The second-order valence-electron chi connectivity index (χ2n) is 11.6. The molecule has 0 fully saturated rings. The van der Waals surface area contributed by atoms with Gasteiger partial charge in [-0.3, -0.25) is 19.7 Å². The number of fused-ring (bicyclic) bond motifs is 2. The quantitative estimate of drug-likeness (QED) is 0.285. The van der Waals surface area contributed by atoms with Gasteiger partial charge in [0.15, 0.2) is 0 Å². The second-order valence-corrected chi connectivity index (χ2v) is 11.6. The molecule has 0 radical (unpaired) electrons. The van der Waals surface area contributed by atoms with Gasteiger partial charge in [0.05, 0.1) is 30.0 Å². The summed E-state index contributed by atoms with van der Waals surface area (Å²) in [6.07, 6.45) is 7.86. The maximum absolute atomic E-state index is 12.8. The number of aliphatic hydroxyl groups is 1. The number of carbonyl (C=O) groups is 1. The summed E-state index contributed by atoms with van der Waals surface area (Å²) in [6.45, 7) is 5.98. The summed E-state index contributed by atoms with van der Waals surface area (Å²) in [5, 5.41) is 13.5. The molecule has 0 spiro atoms. The van der Waals surface area contributed by atoms with E-state index in [4.69, 9.17) is 9.97 Å². The molecule has 0 bridgehead atoms. The number of nitrogens with zero attached hydrogens (tertiary/aromatic N) is 3. The number of rotatable bonds is 9. The van der Waals surface area contributed by atoms with Crippen molar-refractivity contribution in [2.75, 3.05) is 0 Å². The molecule has 0 aliphatic heterocycles. The van der Waals surface area contributed by atoms with Crippen LogP contribution in [0.1, 0.15) is 80.7 Å². The molecule has 2 atom stereocenters. The molecule has 2 aromatic carbocycles. The van der Waals surface area contributed by atoms with Gasteiger partial charge in [0.1, 0.15) is 0 Å². The second kappa shape index (κ2) is 11.9. The molecule has 210 valence electrons. The van der Waals surface area contributed by atoms with Crippen LogP contribution in [0.2, 0.25) is 0 Å². The topological polar surface area (TPSA) is 78.4 Å². The van der Waals surface area contributed by atoms with E-state index >= 15 is 0 Å². The van der Waals surface area contributed by atoms with Gasteiger partial charge in [0.25, 0.3) is 0 Å². The highest BCUT2D eigenvalue weighted by Gasteiger charge is 2.32. The minimum atomic E-state index is -0.0674. The number of hydrogen-bond acceptors (Lipinski definition) is 5. The largest absolute Gasteiger partial charge is 0.392 e. The molecule has 4 aromatic rings. The van der Waals surface area contributed by atoms with Gasteiger partial charge in [-0.2, -0.15) is 0 Å². The predicted molar refractivity (Wildman–Crippen MR) is 160 cm³/mol. The predicted octanol–water partition coefficient (Wildman–Crippen LogP) is 5.62. The lowest BCUT2D eigenvalue weighted by atomic mass is 9.77. The Morgan fingerprint density at radius 3 is 2.68 bits per heavy atom. The van der Waals surface area contributed by atoms with E-state index < -0.39 is 0 Å². The summed E-state index contributed by atoms with van der Waals surface area (Å²) >= 11 is 0. The minimum Gasteiger partial charge on any atom is -0.392 e. The molecule has 2 heterocycles. The van der Waals surface area contributed by atoms with Crippen LogP contribution in [0.5, 0.6) is 0 Å². The average Bonchev–Trinajstić information content (AvgIpc) is 2.97. The van der Waals surface area contributed by atoms with Crippen LogP contribution in [-0.2, 0) is 43.9 Å². The molecule has 2 aliphatic rings. The lowest BCUT2D eigenvalue weighted by molar-refractivity contribution is -0.123. The number of hydrogen-bond donors (Lipinski definition) is 2. The molecule has 41 heavy (non-hydrogen) atoms. The Bertz CT molecular complexity index is 1570. The molecule has 6 rings (SSSR count). The SMILES string of the molecule is Cc1cnc(CN(Cc2ccc(CNC(=O)C3Cc4ccccc43)cc2CO)[C@H]2CCCc3cccnc32)c(C)c1. The molecule has 1 unspecified atom stereocenters. The molecule has 2 aromatic heterocycles. The Morgan fingerprint density at radius 1 is 1.00 bits per heavy atom. The zero-order chi connectivity index (χ0) is 28.3. The highest BCUT2D eigenvalue weighted by molar-refractivity contribution is 5.86. The number of pyridine rings is 2. The first kappa shape index (κ1) is 27.3. The fourth-order valence-corrected chi connectivity index (χ4v) is 6.43. The van der Waals surface area contributed by atoms with E-state index in [2.05, 4.69) is 54.4 Å². The van der Waals surface area contributed by atoms with Gasteiger partial charge in [-0.25, -0.2) is 0 Å². The van der Waals surface area contributed by atoms with Gasteiger partial charge in [0, 0.05) is 32.0 Å². The first-order valence-electron chi connectivity index (χ1n) is 14.7. The van der Waals surface area contributed by atoms with Crippen LogP contribution in [0.3, 0.4) is 0 Å². The van der Waals surface area contributed by atoms with Gasteiger partial charge < -0.3 is 10.4 Å². The molecular formula is C35H38N4O2. The molecular weight excluding hydrogens is 508 g/mol. The van der Waals surface area contributed by atoms with Crippen LogP contribution >= 0.6 is 0 Å². The number of aromatic nitrogens is 2. The van der Waals surface area contributed by atoms with Crippen molar-refractivity contribution in [3.8, 4) is 0 Å². The lowest BCUT2D eigenvalue weighted by Crippen LogP contribution is -2.35. The molecule has 6 nitrogen and oxygen atoms in total. The van der Waals surface area contributed by atoms with Crippen molar-refractivity contribution >= 4 is 5.91 Å². The number of amides is 1. The van der Waals surface area contributed by atoms with E-state index in [0.29, 0.717) is 19.6 Å². The Kier molecular flexibility index (Phi) is 7.95. The van der Waals surface area contributed by atoms with Crippen molar-refractivity contribution in [1.29, 1.82) is 0 Å². The van der Waals surface area contributed by atoms with Gasteiger partial charge in [0.2, 0.25) is 5.91 Å². The standard InChI is InChI=1S/C35H38N4O2/c1-23-15-24(2)32(37-18-23)21-39(33-11-5-8-26-9-6-14-36-34(26)33)20-28-13-12-25(16-29(28)22-40)19-38-35(41)31-17-27-7-3-4-10-30(27)31/h3-4,6-7,9-10,12-16,18,31,33,40H,5,8,11,17,19-22H2,1-2H3,(H,38,41)/t31?,33-/m0/s1. The number of nitrogens with one attached hydrogen (secondary N) is 1. The van der Waals surface area contributed by atoms with Crippen LogP contribution in [-0.4, -0.2) is 25.9 Å². The van der Waals surface area contributed by atoms with Crippen LogP contribution in [0.25, 0.3) is 0 Å².